The Morgan fingerprint density at radius 1 is 1.38 bits per heavy atom. The molecule has 0 aromatic carbocycles. The summed E-state index contributed by atoms with van der Waals surface area (Å²) in [6.07, 6.45) is 5.04. The van der Waals surface area contributed by atoms with Crippen LogP contribution in [0.4, 0.5) is 0 Å². The van der Waals surface area contributed by atoms with Gasteiger partial charge < -0.3 is 4.74 Å². The molecule has 13 heavy (non-hydrogen) atoms. The van der Waals surface area contributed by atoms with Gasteiger partial charge in [0, 0.05) is 13.0 Å². The molecule has 2 atom stereocenters. The highest BCUT2D eigenvalue weighted by Gasteiger charge is 2.59. The lowest BCUT2D eigenvalue weighted by molar-refractivity contribution is -0.140. The zero-order chi connectivity index (χ0) is 9.53. The standard InChI is InChI=1S/C11H18O2/c1-3-10-5-6-11(8-10,13-4-2)9(12)7-10/h3-8H2,1-2H3. The Bertz CT molecular complexity index is 236. The van der Waals surface area contributed by atoms with E-state index in [1.54, 1.807) is 0 Å². The predicted molar refractivity (Wildman–Crippen MR) is 50.6 cm³/mol. The normalized spacial score (nSPS) is 43.1. The van der Waals surface area contributed by atoms with Crippen LogP contribution >= 0.6 is 0 Å². The molecular formula is C11H18O2. The summed E-state index contributed by atoms with van der Waals surface area (Å²) < 4.78 is 5.67. The third-order valence-electron chi connectivity index (χ3n) is 3.93. The molecule has 0 aliphatic heterocycles. The number of Topliss-reactive ketones (excluding diaryl/α,β-unsaturated/α-hetero) is 1. The van der Waals surface area contributed by atoms with Crippen molar-refractivity contribution in [2.75, 3.05) is 6.61 Å². The van der Waals surface area contributed by atoms with Gasteiger partial charge in [-0.25, -0.2) is 0 Å². The molecule has 0 N–H and O–H groups in total. The van der Waals surface area contributed by atoms with Crippen LogP contribution in [-0.4, -0.2) is 18.0 Å². The maximum Gasteiger partial charge on any atom is 0.165 e. The third kappa shape index (κ3) is 1.15. The van der Waals surface area contributed by atoms with E-state index in [2.05, 4.69) is 6.92 Å². The maximum atomic E-state index is 11.8. The summed E-state index contributed by atoms with van der Waals surface area (Å²) >= 11 is 0. The Labute approximate surface area is 79.7 Å². The van der Waals surface area contributed by atoms with Crippen LogP contribution in [-0.2, 0) is 9.53 Å². The Morgan fingerprint density at radius 2 is 2.15 bits per heavy atom. The topological polar surface area (TPSA) is 26.3 Å². The van der Waals surface area contributed by atoms with Gasteiger partial charge in [0.2, 0.25) is 0 Å². The van der Waals surface area contributed by atoms with E-state index >= 15 is 0 Å². The molecule has 0 radical (unpaired) electrons. The van der Waals surface area contributed by atoms with E-state index in [9.17, 15) is 4.79 Å². The SMILES string of the molecule is CCOC12CCC(CC)(CC1=O)C2. The summed E-state index contributed by atoms with van der Waals surface area (Å²) in [4.78, 5) is 11.8. The van der Waals surface area contributed by atoms with Crippen LogP contribution in [0.1, 0.15) is 46.0 Å². The Morgan fingerprint density at radius 3 is 2.62 bits per heavy atom. The van der Waals surface area contributed by atoms with E-state index < -0.39 is 0 Å². The summed E-state index contributed by atoms with van der Waals surface area (Å²) in [5, 5.41) is 0. The largest absolute Gasteiger partial charge is 0.367 e. The fourth-order valence-corrected chi connectivity index (χ4v) is 3.05. The Kier molecular flexibility index (Phi) is 1.99. The van der Waals surface area contributed by atoms with E-state index in [1.807, 2.05) is 6.92 Å². The van der Waals surface area contributed by atoms with Crippen LogP contribution in [0.5, 0.6) is 0 Å². The number of carbonyl (C=O) groups is 1. The molecule has 2 bridgehead atoms. The maximum absolute atomic E-state index is 11.8. The van der Waals surface area contributed by atoms with Gasteiger partial charge in [-0.05, 0) is 38.0 Å². The third-order valence-corrected chi connectivity index (χ3v) is 3.93. The highest BCUT2D eigenvalue weighted by molar-refractivity contribution is 5.91. The molecule has 2 nitrogen and oxygen atoms in total. The molecule has 0 saturated heterocycles. The van der Waals surface area contributed by atoms with Crippen molar-refractivity contribution in [3.05, 3.63) is 0 Å². The molecule has 0 heterocycles. The lowest BCUT2D eigenvalue weighted by atomic mass is 9.81. The number of carbonyl (C=O) groups excluding carboxylic acids is 1. The first-order chi connectivity index (χ1) is 6.16. The first kappa shape index (κ1) is 9.20. The van der Waals surface area contributed by atoms with Gasteiger partial charge in [-0.3, -0.25) is 4.79 Å². The molecule has 0 aromatic heterocycles. The second-order valence-electron chi connectivity index (χ2n) is 4.56. The number of fused-ring (bicyclic) bond motifs is 2. The lowest BCUT2D eigenvalue weighted by Crippen LogP contribution is -2.36. The number of ether oxygens (including phenoxy) is 1. The van der Waals surface area contributed by atoms with E-state index in [0.717, 1.165) is 25.7 Å². The first-order valence-electron chi connectivity index (χ1n) is 5.34. The highest BCUT2D eigenvalue weighted by Crippen LogP contribution is 2.57. The smallest absolute Gasteiger partial charge is 0.165 e. The van der Waals surface area contributed by atoms with Gasteiger partial charge in [-0.1, -0.05) is 6.92 Å². The molecule has 0 amide bonds. The van der Waals surface area contributed by atoms with Crippen molar-refractivity contribution in [1.29, 1.82) is 0 Å². The van der Waals surface area contributed by atoms with Crippen LogP contribution in [0.25, 0.3) is 0 Å². The Balaban J connectivity index is 2.20. The van der Waals surface area contributed by atoms with Crippen molar-refractivity contribution in [2.45, 2.75) is 51.6 Å². The fraction of sp³-hybridized carbons (Fsp3) is 0.909. The predicted octanol–water partition coefficient (Wildman–Crippen LogP) is 2.31. The number of hydrogen-bond acceptors (Lipinski definition) is 2. The number of hydrogen-bond donors (Lipinski definition) is 0. The van der Waals surface area contributed by atoms with E-state index in [-0.39, 0.29) is 5.60 Å². The molecule has 2 fully saturated rings. The number of rotatable bonds is 3. The summed E-state index contributed by atoms with van der Waals surface area (Å²) in [7, 11) is 0. The average molecular weight is 182 g/mol. The monoisotopic (exact) mass is 182 g/mol. The average Bonchev–Trinajstić information content (AvgIpc) is 2.59. The van der Waals surface area contributed by atoms with Crippen LogP contribution in [0, 0.1) is 5.41 Å². The second-order valence-corrected chi connectivity index (χ2v) is 4.56. The number of ketones is 1. The molecule has 74 valence electrons. The molecule has 2 unspecified atom stereocenters. The molecule has 2 saturated carbocycles. The van der Waals surface area contributed by atoms with Crippen molar-refractivity contribution in [3.8, 4) is 0 Å². The van der Waals surface area contributed by atoms with Gasteiger partial charge >= 0.3 is 0 Å². The van der Waals surface area contributed by atoms with Gasteiger partial charge in [0.1, 0.15) is 5.60 Å². The van der Waals surface area contributed by atoms with Crippen LogP contribution in [0.15, 0.2) is 0 Å². The summed E-state index contributed by atoms with van der Waals surface area (Å²) in [5.41, 5.74) is -0.0446. The van der Waals surface area contributed by atoms with E-state index in [4.69, 9.17) is 4.74 Å². The molecule has 0 aromatic rings. The summed E-state index contributed by atoms with van der Waals surface area (Å²) in [5.74, 6) is 0.363. The first-order valence-corrected chi connectivity index (χ1v) is 5.34. The minimum atomic E-state index is -0.356. The molecule has 2 aliphatic rings. The van der Waals surface area contributed by atoms with E-state index in [0.29, 0.717) is 17.8 Å². The van der Waals surface area contributed by atoms with Crippen LogP contribution in [0.2, 0.25) is 0 Å². The van der Waals surface area contributed by atoms with Gasteiger partial charge in [0.15, 0.2) is 5.78 Å². The van der Waals surface area contributed by atoms with E-state index in [1.165, 1.54) is 6.42 Å². The lowest BCUT2D eigenvalue weighted by Gasteiger charge is -2.25. The highest BCUT2D eigenvalue weighted by atomic mass is 16.5. The van der Waals surface area contributed by atoms with Crippen LogP contribution < -0.4 is 0 Å². The van der Waals surface area contributed by atoms with Crippen molar-refractivity contribution < 1.29 is 9.53 Å². The zero-order valence-electron chi connectivity index (χ0n) is 8.56. The summed E-state index contributed by atoms with van der Waals surface area (Å²) in [6, 6.07) is 0. The minimum absolute atomic E-state index is 0.312. The second kappa shape index (κ2) is 2.81. The minimum Gasteiger partial charge on any atom is -0.367 e. The van der Waals surface area contributed by atoms with Crippen molar-refractivity contribution >= 4 is 5.78 Å². The van der Waals surface area contributed by atoms with Gasteiger partial charge in [-0.15, -0.1) is 0 Å². The fourth-order valence-electron chi connectivity index (χ4n) is 3.05. The molecule has 2 heteroatoms. The molecular weight excluding hydrogens is 164 g/mol. The zero-order valence-corrected chi connectivity index (χ0v) is 8.56. The quantitative estimate of drug-likeness (QED) is 0.669. The Hall–Kier alpha value is -0.370. The molecule has 2 rings (SSSR count). The van der Waals surface area contributed by atoms with Crippen molar-refractivity contribution in [1.82, 2.24) is 0 Å². The molecule has 2 aliphatic carbocycles. The van der Waals surface area contributed by atoms with Crippen molar-refractivity contribution in [2.24, 2.45) is 5.41 Å². The summed E-state index contributed by atoms with van der Waals surface area (Å²) in [6.45, 7) is 4.85. The molecule has 0 spiro atoms. The van der Waals surface area contributed by atoms with Crippen LogP contribution in [0.3, 0.4) is 0 Å². The van der Waals surface area contributed by atoms with Gasteiger partial charge in [0.25, 0.3) is 0 Å². The van der Waals surface area contributed by atoms with Crippen molar-refractivity contribution in [3.63, 3.8) is 0 Å². The van der Waals surface area contributed by atoms with Gasteiger partial charge in [-0.2, -0.15) is 0 Å². The van der Waals surface area contributed by atoms with Gasteiger partial charge in [0.05, 0.1) is 0 Å².